The average molecular weight is 290 g/mol. The number of hydrogen-bond acceptors (Lipinski definition) is 3. The summed E-state index contributed by atoms with van der Waals surface area (Å²) in [5.74, 6) is 0.935. The second-order valence-electron chi connectivity index (χ2n) is 5.34. The smallest absolute Gasteiger partial charge is 0.120 e. The number of aromatic nitrogens is 1. The first-order valence-corrected chi connectivity index (χ1v) is 7.74. The summed E-state index contributed by atoms with van der Waals surface area (Å²) in [4.78, 5) is 0. The zero-order chi connectivity index (χ0) is 15.1. The molecule has 0 atom stereocenters. The molecule has 1 heterocycles. The van der Waals surface area contributed by atoms with Crippen LogP contribution in [0.4, 0.5) is 0 Å². The van der Waals surface area contributed by atoms with Crippen LogP contribution in [0.2, 0.25) is 0 Å². The Labute approximate surface area is 127 Å². The summed E-state index contributed by atoms with van der Waals surface area (Å²) in [6.07, 6.45) is 2.34. The maximum atomic E-state index is 5.73. The molecule has 0 aliphatic heterocycles. The van der Waals surface area contributed by atoms with E-state index in [0.29, 0.717) is 0 Å². The van der Waals surface area contributed by atoms with Gasteiger partial charge in [-0.05, 0) is 45.0 Å². The number of nitrogens with zero attached hydrogens (tertiary/aromatic N) is 1. The number of fused-ring (bicyclic) bond motifs is 1. The third-order valence-electron chi connectivity index (χ3n) is 3.27. The minimum absolute atomic E-state index is 0.207. The Morgan fingerprint density at radius 3 is 2.81 bits per heavy atom. The van der Waals surface area contributed by atoms with Crippen LogP contribution in [-0.2, 0) is 11.3 Å². The van der Waals surface area contributed by atoms with E-state index < -0.39 is 0 Å². The first-order chi connectivity index (χ1) is 10.2. The van der Waals surface area contributed by atoms with Crippen LogP contribution < -0.4 is 10.1 Å². The fourth-order valence-electron chi connectivity index (χ4n) is 2.33. The van der Waals surface area contributed by atoms with Gasteiger partial charge in [0, 0.05) is 43.3 Å². The lowest BCUT2D eigenvalue weighted by molar-refractivity contribution is 0.149. The third-order valence-corrected chi connectivity index (χ3v) is 3.27. The molecule has 0 unspecified atom stereocenters. The van der Waals surface area contributed by atoms with Gasteiger partial charge < -0.3 is 19.4 Å². The van der Waals surface area contributed by atoms with Crippen LogP contribution in [-0.4, -0.2) is 37.0 Å². The van der Waals surface area contributed by atoms with Gasteiger partial charge in [-0.2, -0.15) is 0 Å². The van der Waals surface area contributed by atoms with Gasteiger partial charge in [0.25, 0.3) is 0 Å². The van der Waals surface area contributed by atoms with Gasteiger partial charge in [-0.15, -0.1) is 0 Å². The van der Waals surface area contributed by atoms with Gasteiger partial charge in [-0.1, -0.05) is 0 Å². The Hall–Kier alpha value is -1.52. The van der Waals surface area contributed by atoms with E-state index >= 15 is 0 Å². The van der Waals surface area contributed by atoms with E-state index in [4.69, 9.17) is 9.47 Å². The molecule has 0 spiro atoms. The summed E-state index contributed by atoms with van der Waals surface area (Å²) in [7, 11) is 0. The lowest BCUT2D eigenvalue weighted by Crippen LogP contribution is -2.23. The predicted octanol–water partition coefficient (Wildman–Crippen LogP) is 3.05. The van der Waals surface area contributed by atoms with Gasteiger partial charge in [0.2, 0.25) is 0 Å². The number of hydrogen-bond donors (Lipinski definition) is 1. The van der Waals surface area contributed by atoms with E-state index in [2.05, 4.69) is 34.3 Å². The summed E-state index contributed by atoms with van der Waals surface area (Å²) in [5.41, 5.74) is 1.25. The number of benzene rings is 1. The van der Waals surface area contributed by atoms with Crippen molar-refractivity contribution in [1.29, 1.82) is 0 Å². The van der Waals surface area contributed by atoms with Crippen molar-refractivity contribution < 1.29 is 9.47 Å². The second-order valence-corrected chi connectivity index (χ2v) is 5.34. The van der Waals surface area contributed by atoms with E-state index in [1.54, 1.807) is 0 Å². The van der Waals surface area contributed by atoms with Gasteiger partial charge in [-0.3, -0.25) is 0 Å². The highest BCUT2D eigenvalue weighted by Gasteiger charge is 2.04. The minimum Gasteiger partial charge on any atom is -0.491 e. The Kier molecular flexibility index (Phi) is 6.08. The SMILES string of the molecule is CCOCCNCCn1ccc2cc(OC(C)C)ccc21. The molecule has 0 bridgehead atoms. The molecule has 0 saturated heterocycles. The molecule has 21 heavy (non-hydrogen) atoms. The van der Waals surface area contributed by atoms with Gasteiger partial charge in [0.05, 0.1) is 12.7 Å². The predicted molar refractivity (Wildman–Crippen MR) is 87.1 cm³/mol. The summed E-state index contributed by atoms with van der Waals surface area (Å²) >= 11 is 0. The molecule has 4 nitrogen and oxygen atoms in total. The molecular formula is C17H26N2O2. The lowest BCUT2D eigenvalue weighted by Gasteiger charge is -2.10. The fourth-order valence-corrected chi connectivity index (χ4v) is 2.33. The lowest BCUT2D eigenvalue weighted by atomic mass is 10.2. The topological polar surface area (TPSA) is 35.4 Å². The van der Waals surface area contributed by atoms with Gasteiger partial charge in [-0.25, -0.2) is 0 Å². The van der Waals surface area contributed by atoms with E-state index in [-0.39, 0.29) is 6.10 Å². The molecule has 4 heteroatoms. The summed E-state index contributed by atoms with van der Waals surface area (Å²) in [5, 5.41) is 4.61. The highest BCUT2D eigenvalue weighted by Crippen LogP contribution is 2.22. The first kappa shape index (κ1) is 15.9. The zero-order valence-electron chi connectivity index (χ0n) is 13.3. The standard InChI is InChI=1S/C17H26N2O2/c1-4-20-12-9-18-8-11-19-10-7-15-13-16(21-14(2)3)5-6-17(15)19/h5-7,10,13-14,18H,4,8-9,11-12H2,1-3H3. The average Bonchev–Trinajstić information content (AvgIpc) is 2.84. The van der Waals surface area contributed by atoms with Gasteiger partial charge >= 0.3 is 0 Å². The van der Waals surface area contributed by atoms with Crippen LogP contribution in [0, 0.1) is 0 Å². The molecule has 2 aromatic rings. The molecule has 116 valence electrons. The minimum atomic E-state index is 0.207. The summed E-state index contributed by atoms with van der Waals surface area (Å²) in [6, 6.07) is 8.42. The summed E-state index contributed by atoms with van der Waals surface area (Å²) in [6.45, 7) is 10.5. The quantitative estimate of drug-likeness (QED) is 0.721. The summed E-state index contributed by atoms with van der Waals surface area (Å²) < 4.78 is 13.3. The number of rotatable bonds is 9. The number of nitrogens with one attached hydrogen (secondary N) is 1. The molecule has 1 N–H and O–H groups in total. The first-order valence-electron chi connectivity index (χ1n) is 7.74. The van der Waals surface area contributed by atoms with Crippen molar-refractivity contribution in [1.82, 2.24) is 9.88 Å². The Balaban J connectivity index is 1.89. The van der Waals surface area contributed by atoms with Crippen LogP contribution >= 0.6 is 0 Å². The highest BCUT2D eigenvalue weighted by atomic mass is 16.5. The third kappa shape index (κ3) is 4.76. The molecule has 2 rings (SSSR count). The van der Waals surface area contributed by atoms with E-state index in [9.17, 15) is 0 Å². The maximum Gasteiger partial charge on any atom is 0.120 e. The van der Waals surface area contributed by atoms with Crippen LogP contribution in [0.25, 0.3) is 10.9 Å². The van der Waals surface area contributed by atoms with Crippen LogP contribution in [0.1, 0.15) is 20.8 Å². The van der Waals surface area contributed by atoms with Gasteiger partial charge in [0.15, 0.2) is 0 Å². The molecule has 0 fully saturated rings. The Bertz CT molecular complexity index is 549. The van der Waals surface area contributed by atoms with Crippen molar-refractivity contribution in [2.75, 3.05) is 26.3 Å². The van der Waals surface area contributed by atoms with E-state index in [1.807, 2.05) is 26.8 Å². The van der Waals surface area contributed by atoms with E-state index in [1.165, 1.54) is 10.9 Å². The molecule has 0 radical (unpaired) electrons. The van der Waals surface area contributed by atoms with Crippen molar-refractivity contribution in [3.05, 3.63) is 30.5 Å². The normalized spacial score (nSPS) is 11.4. The largest absolute Gasteiger partial charge is 0.491 e. The highest BCUT2D eigenvalue weighted by molar-refractivity contribution is 5.81. The number of ether oxygens (including phenoxy) is 2. The maximum absolute atomic E-state index is 5.73. The van der Waals surface area contributed by atoms with Crippen LogP contribution in [0.5, 0.6) is 5.75 Å². The molecule has 1 aromatic carbocycles. The Morgan fingerprint density at radius 2 is 2.05 bits per heavy atom. The molecule has 0 aliphatic rings. The van der Waals surface area contributed by atoms with Crippen molar-refractivity contribution >= 4 is 10.9 Å². The van der Waals surface area contributed by atoms with Crippen LogP contribution in [0.15, 0.2) is 30.5 Å². The fraction of sp³-hybridized carbons (Fsp3) is 0.529. The van der Waals surface area contributed by atoms with E-state index in [0.717, 1.165) is 38.6 Å². The van der Waals surface area contributed by atoms with Gasteiger partial charge in [0.1, 0.15) is 5.75 Å². The zero-order valence-corrected chi connectivity index (χ0v) is 13.3. The second kappa shape index (κ2) is 8.05. The van der Waals surface area contributed by atoms with Crippen molar-refractivity contribution in [2.24, 2.45) is 0 Å². The molecule has 1 aromatic heterocycles. The van der Waals surface area contributed by atoms with Crippen molar-refractivity contribution in [2.45, 2.75) is 33.4 Å². The van der Waals surface area contributed by atoms with Crippen LogP contribution in [0.3, 0.4) is 0 Å². The molecule has 0 aliphatic carbocycles. The molecule has 0 amide bonds. The molecule has 0 saturated carbocycles. The van der Waals surface area contributed by atoms with Crippen molar-refractivity contribution in [3.63, 3.8) is 0 Å². The van der Waals surface area contributed by atoms with Crippen molar-refractivity contribution in [3.8, 4) is 5.75 Å². The molecular weight excluding hydrogens is 264 g/mol. The Morgan fingerprint density at radius 1 is 1.19 bits per heavy atom. The monoisotopic (exact) mass is 290 g/mol.